The van der Waals surface area contributed by atoms with Gasteiger partial charge in [-0.05, 0) is 44.9 Å². The maximum atomic E-state index is 12.5. The molecule has 0 spiro atoms. The largest absolute Gasteiger partial charge is 0.356 e. The summed E-state index contributed by atoms with van der Waals surface area (Å²) >= 11 is 0. The van der Waals surface area contributed by atoms with Crippen molar-refractivity contribution in [3.63, 3.8) is 0 Å². The molecule has 6 nitrogen and oxygen atoms in total. The minimum absolute atomic E-state index is 0.0684. The third-order valence-electron chi connectivity index (χ3n) is 4.92. The molecule has 0 bridgehead atoms. The topological polar surface area (TPSA) is 87.3 Å². The number of allylic oxidation sites excluding steroid dienone is 2. The molecule has 30 heavy (non-hydrogen) atoms. The molecule has 0 aromatic carbocycles. The quantitative estimate of drug-likeness (QED) is 0.213. The van der Waals surface area contributed by atoms with Gasteiger partial charge >= 0.3 is 0 Å². The summed E-state index contributed by atoms with van der Waals surface area (Å²) in [6.07, 6.45) is 15.5. The fourth-order valence-electron chi connectivity index (χ4n) is 3.00. The van der Waals surface area contributed by atoms with Crippen LogP contribution in [-0.2, 0) is 14.4 Å². The number of carbonyl (C=O) groups is 3. The molecule has 0 aliphatic heterocycles. The van der Waals surface area contributed by atoms with Crippen LogP contribution >= 0.6 is 0 Å². The first kappa shape index (κ1) is 28.1. The number of amides is 3. The second-order valence-corrected chi connectivity index (χ2v) is 7.84. The number of rotatable bonds is 19. The van der Waals surface area contributed by atoms with Crippen molar-refractivity contribution in [1.82, 2.24) is 16.0 Å². The lowest BCUT2D eigenvalue weighted by molar-refractivity contribution is -0.129. The molecule has 0 radical (unpaired) electrons. The van der Waals surface area contributed by atoms with Crippen LogP contribution in [0.2, 0.25) is 0 Å². The van der Waals surface area contributed by atoms with Gasteiger partial charge in [-0.3, -0.25) is 14.4 Å². The van der Waals surface area contributed by atoms with E-state index >= 15 is 0 Å². The van der Waals surface area contributed by atoms with E-state index in [2.05, 4.69) is 48.9 Å². The average Bonchev–Trinajstić information content (AvgIpc) is 2.73. The number of carbonyl (C=O) groups excluding carboxylic acids is 3. The van der Waals surface area contributed by atoms with Crippen LogP contribution in [0.5, 0.6) is 0 Å². The third-order valence-corrected chi connectivity index (χ3v) is 4.92. The lowest BCUT2D eigenvalue weighted by Crippen LogP contribution is -2.47. The molecule has 0 heterocycles. The van der Waals surface area contributed by atoms with Crippen molar-refractivity contribution in [3.05, 3.63) is 12.2 Å². The monoisotopic (exact) mass is 423 g/mol. The Morgan fingerprint density at radius 2 is 1.40 bits per heavy atom. The molecule has 1 atom stereocenters. The minimum atomic E-state index is -0.648. The smallest absolute Gasteiger partial charge is 0.242 e. The first-order valence-electron chi connectivity index (χ1n) is 12.0. The Morgan fingerprint density at radius 1 is 0.733 bits per heavy atom. The van der Waals surface area contributed by atoms with E-state index in [1.165, 1.54) is 0 Å². The van der Waals surface area contributed by atoms with Crippen molar-refractivity contribution < 1.29 is 14.4 Å². The molecule has 3 N–H and O–H groups in total. The summed E-state index contributed by atoms with van der Waals surface area (Å²) in [5.41, 5.74) is 0. The molecular formula is C24H45N3O3. The minimum Gasteiger partial charge on any atom is -0.356 e. The Labute approximate surface area is 184 Å². The molecule has 0 aliphatic rings. The second kappa shape index (κ2) is 20.4. The van der Waals surface area contributed by atoms with Crippen LogP contribution in [0.25, 0.3) is 0 Å². The predicted molar refractivity (Wildman–Crippen MR) is 124 cm³/mol. The van der Waals surface area contributed by atoms with Gasteiger partial charge in [0.1, 0.15) is 6.04 Å². The Balaban J connectivity index is 4.32. The molecule has 0 rings (SSSR count). The predicted octanol–water partition coefficient (Wildman–Crippen LogP) is 4.39. The fourth-order valence-corrected chi connectivity index (χ4v) is 3.00. The maximum absolute atomic E-state index is 12.5. The zero-order valence-electron chi connectivity index (χ0n) is 19.6. The summed E-state index contributed by atoms with van der Waals surface area (Å²) in [6.45, 7) is 7.51. The maximum Gasteiger partial charge on any atom is 0.242 e. The molecule has 174 valence electrons. The van der Waals surface area contributed by atoms with Crippen LogP contribution in [0.3, 0.4) is 0 Å². The van der Waals surface area contributed by atoms with Gasteiger partial charge in [-0.1, -0.05) is 58.6 Å². The van der Waals surface area contributed by atoms with E-state index in [1.54, 1.807) is 0 Å². The van der Waals surface area contributed by atoms with Crippen LogP contribution in [-0.4, -0.2) is 36.9 Å². The van der Waals surface area contributed by atoms with E-state index in [9.17, 15) is 14.4 Å². The molecule has 0 aromatic heterocycles. The number of nitrogens with one attached hydrogen (secondary N) is 3. The van der Waals surface area contributed by atoms with Gasteiger partial charge in [-0.2, -0.15) is 0 Å². The summed E-state index contributed by atoms with van der Waals surface area (Å²) < 4.78 is 0. The van der Waals surface area contributed by atoms with Crippen molar-refractivity contribution in [2.75, 3.05) is 13.1 Å². The van der Waals surface area contributed by atoms with Gasteiger partial charge in [0, 0.05) is 25.9 Å². The van der Waals surface area contributed by atoms with E-state index in [0.29, 0.717) is 25.9 Å². The first-order chi connectivity index (χ1) is 14.5. The van der Waals surface area contributed by atoms with Crippen molar-refractivity contribution in [2.45, 2.75) is 110 Å². The number of hydrogen-bond donors (Lipinski definition) is 3. The highest BCUT2D eigenvalue weighted by atomic mass is 16.2. The summed E-state index contributed by atoms with van der Waals surface area (Å²) in [5, 5.41) is 8.58. The Hall–Kier alpha value is -1.85. The van der Waals surface area contributed by atoms with Gasteiger partial charge in [-0.15, -0.1) is 0 Å². The summed E-state index contributed by atoms with van der Waals surface area (Å²) in [6, 6.07) is -0.648. The molecule has 0 saturated heterocycles. The third kappa shape index (κ3) is 17.0. The van der Waals surface area contributed by atoms with Crippen LogP contribution in [0.1, 0.15) is 104 Å². The lowest BCUT2D eigenvalue weighted by atomic mass is 10.1. The highest BCUT2D eigenvalue weighted by molar-refractivity contribution is 5.88. The molecule has 3 amide bonds. The van der Waals surface area contributed by atoms with Crippen molar-refractivity contribution >= 4 is 17.7 Å². The normalized spacial score (nSPS) is 12.0. The summed E-state index contributed by atoms with van der Waals surface area (Å²) in [4.78, 5) is 36.7. The molecular weight excluding hydrogens is 378 g/mol. The standard InChI is InChI=1S/C24H45N3O3/c1-4-7-10-11-12-13-14-15-16-23(29)27-21(24(30)26-20-9-6-3)17-18-22(28)25-19-8-5-2/h7,10,21H,4-6,8-9,11-20H2,1-3H3,(H,25,28)(H,26,30)(H,27,29)/b10-7+/t21-/m0/s1. The van der Waals surface area contributed by atoms with E-state index in [-0.39, 0.29) is 24.1 Å². The van der Waals surface area contributed by atoms with Crippen LogP contribution in [0, 0.1) is 0 Å². The molecule has 0 saturated carbocycles. The highest BCUT2D eigenvalue weighted by Gasteiger charge is 2.21. The zero-order valence-corrected chi connectivity index (χ0v) is 19.6. The summed E-state index contributed by atoms with van der Waals surface area (Å²) in [5.74, 6) is -0.370. The summed E-state index contributed by atoms with van der Waals surface area (Å²) in [7, 11) is 0. The molecule has 0 aromatic rings. The number of hydrogen-bond acceptors (Lipinski definition) is 3. The Bertz CT molecular complexity index is 492. The lowest BCUT2D eigenvalue weighted by Gasteiger charge is -2.18. The van der Waals surface area contributed by atoms with Crippen molar-refractivity contribution in [3.8, 4) is 0 Å². The molecule has 0 unspecified atom stereocenters. The van der Waals surface area contributed by atoms with Crippen molar-refractivity contribution in [2.24, 2.45) is 0 Å². The van der Waals surface area contributed by atoms with Gasteiger partial charge in [0.15, 0.2) is 0 Å². The van der Waals surface area contributed by atoms with Gasteiger partial charge < -0.3 is 16.0 Å². The van der Waals surface area contributed by atoms with Gasteiger partial charge in [0.2, 0.25) is 17.7 Å². The van der Waals surface area contributed by atoms with Gasteiger partial charge in [0.25, 0.3) is 0 Å². The second-order valence-electron chi connectivity index (χ2n) is 7.84. The van der Waals surface area contributed by atoms with Crippen LogP contribution < -0.4 is 16.0 Å². The molecule has 0 aliphatic carbocycles. The fraction of sp³-hybridized carbons (Fsp3) is 0.792. The average molecular weight is 424 g/mol. The molecule has 6 heteroatoms. The van der Waals surface area contributed by atoms with E-state index in [4.69, 9.17) is 0 Å². The first-order valence-corrected chi connectivity index (χ1v) is 12.0. The van der Waals surface area contributed by atoms with E-state index in [1.807, 2.05) is 0 Å². The van der Waals surface area contributed by atoms with Gasteiger partial charge in [-0.25, -0.2) is 0 Å². The van der Waals surface area contributed by atoms with Crippen LogP contribution in [0.15, 0.2) is 12.2 Å². The SMILES string of the molecule is CC/C=C/CCCCCCC(=O)N[C@@H](CCC(=O)NCCCC)C(=O)NCCCC. The Morgan fingerprint density at radius 3 is 2.07 bits per heavy atom. The van der Waals surface area contributed by atoms with Crippen LogP contribution in [0.4, 0.5) is 0 Å². The van der Waals surface area contributed by atoms with E-state index < -0.39 is 6.04 Å². The van der Waals surface area contributed by atoms with Gasteiger partial charge in [0.05, 0.1) is 0 Å². The Kier molecular flexibility index (Phi) is 19.2. The van der Waals surface area contributed by atoms with Crippen molar-refractivity contribution in [1.29, 1.82) is 0 Å². The zero-order chi connectivity index (χ0) is 22.5. The molecule has 0 fully saturated rings. The van der Waals surface area contributed by atoms with E-state index in [0.717, 1.165) is 64.2 Å². The number of unbranched alkanes of at least 4 members (excludes halogenated alkanes) is 6. The highest BCUT2D eigenvalue weighted by Crippen LogP contribution is 2.07.